The number of hydrogen-bond acceptors (Lipinski definition) is 4. The number of fused-ring (bicyclic) bond motifs is 1. The number of aromatic nitrogens is 2. The predicted molar refractivity (Wildman–Crippen MR) is 58.1 cm³/mol. The number of benzene rings is 1. The number of alkyl halides is 3. The maximum absolute atomic E-state index is 12.2. The van der Waals surface area contributed by atoms with Gasteiger partial charge in [-0.2, -0.15) is 21.6 Å². The normalized spacial score (nSPS) is 12.6. The zero-order chi connectivity index (χ0) is 13.4. The van der Waals surface area contributed by atoms with Crippen LogP contribution in [0.2, 0.25) is 0 Å². The fourth-order valence-electron chi connectivity index (χ4n) is 1.25. The minimum absolute atomic E-state index is 0.210. The van der Waals surface area contributed by atoms with E-state index in [1.165, 1.54) is 35.4 Å². The molecule has 96 valence electrons. The van der Waals surface area contributed by atoms with E-state index in [4.69, 9.17) is 0 Å². The number of nitrogens with zero attached hydrogens (tertiary/aromatic N) is 2. The molecule has 0 fully saturated rings. The average Bonchev–Trinajstić information content (AvgIpc) is 2.27. The summed E-state index contributed by atoms with van der Waals surface area (Å²) >= 11 is 0. The van der Waals surface area contributed by atoms with Crippen molar-refractivity contribution < 1.29 is 21.6 Å². The summed E-state index contributed by atoms with van der Waals surface area (Å²) in [6.45, 7) is 0. The van der Waals surface area contributed by atoms with Crippen molar-refractivity contribution in [3.63, 3.8) is 0 Å². The summed E-state index contributed by atoms with van der Waals surface area (Å²) in [5.74, 6) is 0. The van der Waals surface area contributed by atoms with Gasteiger partial charge in [-0.3, -0.25) is 4.72 Å². The van der Waals surface area contributed by atoms with Crippen LogP contribution >= 0.6 is 0 Å². The third-order valence-corrected chi connectivity index (χ3v) is 3.18. The quantitative estimate of drug-likeness (QED) is 0.909. The molecule has 0 amide bonds. The van der Waals surface area contributed by atoms with E-state index in [-0.39, 0.29) is 5.69 Å². The molecule has 2 rings (SSSR count). The summed E-state index contributed by atoms with van der Waals surface area (Å²) in [6.07, 6.45) is 2.68. The van der Waals surface area contributed by atoms with E-state index in [0.29, 0.717) is 10.9 Å². The number of hydrogen-bond donors (Lipinski definition) is 1. The van der Waals surface area contributed by atoms with Crippen LogP contribution in [0, 0.1) is 0 Å². The van der Waals surface area contributed by atoms with Gasteiger partial charge >= 0.3 is 15.5 Å². The Morgan fingerprint density at radius 1 is 1.22 bits per heavy atom. The van der Waals surface area contributed by atoms with Gasteiger partial charge in [0.2, 0.25) is 0 Å². The van der Waals surface area contributed by atoms with Gasteiger partial charge < -0.3 is 0 Å². The Bertz CT molecular complexity index is 685. The van der Waals surface area contributed by atoms with Crippen LogP contribution in [-0.4, -0.2) is 23.9 Å². The van der Waals surface area contributed by atoms with Crippen LogP contribution in [0.5, 0.6) is 0 Å². The number of sulfonamides is 1. The highest BCUT2D eigenvalue weighted by Gasteiger charge is 2.46. The van der Waals surface area contributed by atoms with Crippen molar-refractivity contribution in [3.05, 3.63) is 30.7 Å². The van der Waals surface area contributed by atoms with Gasteiger partial charge in [-0.1, -0.05) is 0 Å². The molecule has 2 aromatic rings. The molecular formula is C9H6F3N3O2S. The second-order valence-electron chi connectivity index (χ2n) is 3.35. The first kappa shape index (κ1) is 12.6. The van der Waals surface area contributed by atoms with Crippen LogP contribution in [0.15, 0.2) is 30.7 Å². The molecule has 0 unspecified atom stereocenters. The highest BCUT2D eigenvalue weighted by Crippen LogP contribution is 2.26. The largest absolute Gasteiger partial charge is 0.516 e. The zero-order valence-corrected chi connectivity index (χ0v) is 9.46. The van der Waals surface area contributed by atoms with Gasteiger partial charge in [-0.05, 0) is 18.2 Å². The van der Waals surface area contributed by atoms with E-state index < -0.39 is 15.5 Å². The highest BCUT2D eigenvalue weighted by molar-refractivity contribution is 7.93. The SMILES string of the molecule is O=S(=O)(Nc1ccc2cncnc2c1)C(F)(F)F. The lowest BCUT2D eigenvalue weighted by Gasteiger charge is -2.10. The van der Waals surface area contributed by atoms with E-state index in [9.17, 15) is 21.6 Å². The molecule has 0 aliphatic carbocycles. The predicted octanol–water partition coefficient (Wildman–Crippen LogP) is 1.89. The third-order valence-electron chi connectivity index (χ3n) is 2.06. The first-order valence-corrected chi connectivity index (χ1v) is 6.07. The Balaban J connectivity index is 2.39. The Labute approximate surface area is 99.7 Å². The number of rotatable bonds is 2. The molecule has 1 N–H and O–H groups in total. The molecule has 1 heterocycles. The molecular weight excluding hydrogens is 271 g/mol. The molecule has 0 aliphatic heterocycles. The van der Waals surface area contributed by atoms with Gasteiger partial charge in [-0.15, -0.1) is 0 Å². The molecule has 0 spiro atoms. The van der Waals surface area contributed by atoms with Crippen molar-refractivity contribution in [1.82, 2.24) is 9.97 Å². The van der Waals surface area contributed by atoms with Crippen molar-refractivity contribution in [3.8, 4) is 0 Å². The van der Waals surface area contributed by atoms with Gasteiger partial charge in [0.1, 0.15) is 6.33 Å². The summed E-state index contributed by atoms with van der Waals surface area (Å²) in [4.78, 5) is 7.53. The Morgan fingerprint density at radius 2 is 1.94 bits per heavy atom. The van der Waals surface area contributed by atoms with E-state index in [2.05, 4.69) is 9.97 Å². The molecule has 0 bridgehead atoms. The lowest BCUT2D eigenvalue weighted by molar-refractivity contribution is -0.0429. The Kier molecular flexibility index (Phi) is 2.85. The maximum atomic E-state index is 12.2. The molecule has 1 aromatic carbocycles. The molecule has 0 atom stereocenters. The van der Waals surface area contributed by atoms with Gasteiger partial charge in [-0.25, -0.2) is 9.97 Å². The van der Waals surface area contributed by atoms with Crippen LogP contribution in [0.3, 0.4) is 0 Å². The smallest absolute Gasteiger partial charge is 0.276 e. The van der Waals surface area contributed by atoms with Crippen LogP contribution in [-0.2, 0) is 10.0 Å². The van der Waals surface area contributed by atoms with Crippen molar-refractivity contribution in [2.75, 3.05) is 4.72 Å². The third kappa shape index (κ3) is 2.35. The fourth-order valence-corrected chi connectivity index (χ4v) is 1.80. The first-order valence-electron chi connectivity index (χ1n) is 4.58. The lowest BCUT2D eigenvalue weighted by Crippen LogP contribution is -2.29. The van der Waals surface area contributed by atoms with Crippen LogP contribution in [0.1, 0.15) is 0 Å². The molecule has 5 nitrogen and oxygen atoms in total. The Morgan fingerprint density at radius 3 is 2.61 bits per heavy atom. The Hall–Kier alpha value is -1.90. The van der Waals surface area contributed by atoms with Crippen LogP contribution in [0.4, 0.5) is 18.9 Å². The molecule has 1 aromatic heterocycles. The van der Waals surface area contributed by atoms with E-state index in [0.717, 1.165) is 0 Å². The van der Waals surface area contributed by atoms with Crippen molar-refractivity contribution in [2.45, 2.75) is 5.51 Å². The van der Waals surface area contributed by atoms with Crippen LogP contribution < -0.4 is 4.72 Å². The summed E-state index contributed by atoms with van der Waals surface area (Å²) in [7, 11) is -5.41. The second kappa shape index (κ2) is 4.09. The summed E-state index contributed by atoms with van der Waals surface area (Å²) in [6, 6.07) is 3.82. The van der Waals surface area contributed by atoms with E-state index in [1.54, 1.807) is 0 Å². The van der Waals surface area contributed by atoms with Crippen LogP contribution in [0.25, 0.3) is 10.9 Å². The topological polar surface area (TPSA) is 72.0 Å². The summed E-state index contributed by atoms with van der Waals surface area (Å²) in [5, 5.41) is 0.590. The molecule has 9 heteroatoms. The maximum Gasteiger partial charge on any atom is 0.516 e. The minimum Gasteiger partial charge on any atom is -0.276 e. The number of nitrogens with one attached hydrogen (secondary N) is 1. The lowest BCUT2D eigenvalue weighted by atomic mass is 10.2. The van der Waals surface area contributed by atoms with Gasteiger partial charge in [0.15, 0.2) is 0 Å². The van der Waals surface area contributed by atoms with Gasteiger partial charge in [0.05, 0.1) is 11.2 Å². The highest BCUT2D eigenvalue weighted by atomic mass is 32.2. The second-order valence-corrected chi connectivity index (χ2v) is 5.02. The minimum atomic E-state index is -5.41. The van der Waals surface area contributed by atoms with E-state index in [1.807, 2.05) is 0 Å². The molecule has 0 aliphatic rings. The fraction of sp³-hybridized carbons (Fsp3) is 0.111. The molecule has 0 saturated carbocycles. The summed E-state index contributed by atoms with van der Waals surface area (Å²) in [5.41, 5.74) is -5.22. The van der Waals surface area contributed by atoms with Gasteiger partial charge in [0.25, 0.3) is 0 Å². The summed E-state index contributed by atoms with van der Waals surface area (Å²) < 4.78 is 59.7. The zero-order valence-electron chi connectivity index (χ0n) is 8.64. The molecule has 0 saturated heterocycles. The van der Waals surface area contributed by atoms with Crippen molar-refractivity contribution >= 4 is 26.6 Å². The first-order chi connectivity index (χ1) is 8.29. The average molecular weight is 277 g/mol. The van der Waals surface area contributed by atoms with Gasteiger partial charge in [0, 0.05) is 11.6 Å². The number of anilines is 1. The monoisotopic (exact) mass is 277 g/mol. The van der Waals surface area contributed by atoms with Crippen molar-refractivity contribution in [1.29, 1.82) is 0 Å². The van der Waals surface area contributed by atoms with E-state index >= 15 is 0 Å². The number of halogens is 3. The van der Waals surface area contributed by atoms with Crippen molar-refractivity contribution in [2.24, 2.45) is 0 Å². The molecule has 18 heavy (non-hydrogen) atoms. The standard InChI is InChI=1S/C9H6F3N3O2S/c10-9(11,12)18(16,17)15-7-2-1-6-4-13-5-14-8(6)3-7/h1-5,15H. The molecule has 0 radical (unpaired) electrons.